The number of rotatable bonds is 3. The molecule has 0 saturated carbocycles. The molecular formula is C22H16N2O4. The van der Waals surface area contributed by atoms with E-state index >= 15 is 0 Å². The zero-order chi connectivity index (χ0) is 20.0. The van der Waals surface area contributed by atoms with Gasteiger partial charge in [-0.1, -0.05) is 36.4 Å². The summed E-state index contributed by atoms with van der Waals surface area (Å²) in [5.41, 5.74) is 3.98. The summed E-state index contributed by atoms with van der Waals surface area (Å²) in [6.07, 6.45) is 0. The van der Waals surface area contributed by atoms with Gasteiger partial charge in [0.2, 0.25) is 0 Å². The molecule has 4 aromatic rings. The molecular weight excluding hydrogens is 356 g/mol. The maximum Gasteiger partial charge on any atom is 0.355 e. The smallest absolute Gasteiger partial charge is 0.355 e. The van der Waals surface area contributed by atoms with E-state index in [0.717, 1.165) is 33.0 Å². The number of hydrogen-bond donors (Lipinski definition) is 1. The Kier molecular flexibility index (Phi) is 4.04. The SMILES string of the molecule is Cc1cc([N+](=O)[O-])cc(C)c1-c1cccc2nc(C(=O)O)c3ccccc3c12. The van der Waals surface area contributed by atoms with Crippen molar-refractivity contribution in [1.29, 1.82) is 0 Å². The maximum absolute atomic E-state index is 11.7. The lowest BCUT2D eigenvalue weighted by molar-refractivity contribution is -0.384. The minimum absolute atomic E-state index is 0.0115. The fourth-order valence-electron chi connectivity index (χ4n) is 3.85. The van der Waals surface area contributed by atoms with Crippen LogP contribution in [0.4, 0.5) is 5.69 Å². The molecule has 0 fully saturated rings. The maximum atomic E-state index is 11.7. The molecule has 3 aromatic carbocycles. The molecule has 0 bridgehead atoms. The third kappa shape index (κ3) is 2.66. The summed E-state index contributed by atoms with van der Waals surface area (Å²) in [4.78, 5) is 26.9. The zero-order valence-electron chi connectivity index (χ0n) is 15.3. The number of carboxylic acid groups (broad SMARTS) is 1. The molecule has 138 valence electrons. The van der Waals surface area contributed by atoms with Crippen LogP contribution in [0.15, 0.2) is 54.6 Å². The fraction of sp³-hybridized carbons (Fsp3) is 0.0909. The molecule has 0 spiro atoms. The minimum atomic E-state index is -1.08. The van der Waals surface area contributed by atoms with Crippen molar-refractivity contribution in [3.05, 3.63) is 81.5 Å². The number of carboxylic acids is 1. The molecule has 0 saturated heterocycles. The Balaban J connectivity index is 2.15. The van der Waals surface area contributed by atoms with E-state index in [1.807, 2.05) is 38.1 Å². The number of aromatic nitrogens is 1. The molecule has 0 aliphatic rings. The van der Waals surface area contributed by atoms with Crippen molar-refractivity contribution in [2.45, 2.75) is 13.8 Å². The number of nitro benzene ring substituents is 1. The second-order valence-corrected chi connectivity index (χ2v) is 6.72. The van der Waals surface area contributed by atoms with Gasteiger partial charge in [-0.25, -0.2) is 9.78 Å². The normalized spacial score (nSPS) is 11.1. The van der Waals surface area contributed by atoms with E-state index < -0.39 is 10.9 Å². The highest BCUT2D eigenvalue weighted by Crippen LogP contribution is 2.38. The number of fused-ring (bicyclic) bond motifs is 3. The van der Waals surface area contributed by atoms with Gasteiger partial charge in [0, 0.05) is 22.9 Å². The highest BCUT2D eigenvalue weighted by molar-refractivity contribution is 6.17. The van der Waals surface area contributed by atoms with Crippen LogP contribution in [0.2, 0.25) is 0 Å². The Morgan fingerprint density at radius 3 is 2.25 bits per heavy atom. The Hall–Kier alpha value is -3.80. The second-order valence-electron chi connectivity index (χ2n) is 6.72. The number of benzene rings is 3. The topological polar surface area (TPSA) is 93.3 Å². The molecule has 6 nitrogen and oxygen atoms in total. The van der Waals surface area contributed by atoms with E-state index in [2.05, 4.69) is 4.98 Å². The predicted octanol–water partition coefficient (Wildman–Crippen LogP) is 5.28. The molecule has 6 heteroatoms. The van der Waals surface area contributed by atoms with Gasteiger partial charge in [0.15, 0.2) is 5.69 Å². The number of non-ortho nitro benzene ring substituents is 1. The van der Waals surface area contributed by atoms with E-state index in [1.54, 1.807) is 30.3 Å². The summed E-state index contributed by atoms with van der Waals surface area (Å²) < 4.78 is 0. The van der Waals surface area contributed by atoms with Crippen molar-refractivity contribution in [3.8, 4) is 11.1 Å². The van der Waals surface area contributed by atoms with Gasteiger partial charge in [-0.2, -0.15) is 0 Å². The first-order chi connectivity index (χ1) is 13.4. The van der Waals surface area contributed by atoms with Crippen LogP contribution in [-0.2, 0) is 0 Å². The molecule has 1 N–H and O–H groups in total. The number of pyridine rings is 1. The van der Waals surface area contributed by atoms with Crippen LogP contribution in [0.25, 0.3) is 32.8 Å². The summed E-state index contributed by atoms with van der Waals surface area (Å²) in [6.45, 7) is 3.69. The van der Waals surface area contributed by atoms with Crippen molar-refractivity contribution >= 4 is 33.3 Å². The van der Waals surface area contributed by atoms with Gasteiger partial charge in [-0.05, 0) is 47.6 Å². The average molecular weight is 372 g/mol. The van der Waals surface area contributed by atoms with Crippen molar-refractivity contribution in [3.63, 3.8) is 0 Å². The summed E-state index contributed by atoms with van der Waals surface area (Å²) in [6, 6.07) is 15.9. The quantitative estimate of drug-likeness (QED) is 0.300. The van der Waals surface area contributed by atoms with Crippen LogP contribution in [0, 0.1) is 24.0 Å². The second kappa shape index (κ2) is 6.42. The van der Waals surface area contributed by atoms with Crippen LogP contribution in [0.5, 0.6) is 0 Å². The molecule has 28 heavy (non-hydrogen) atoms. The van der Waals surface area contributed by atoms with Crippen molar-refractivity contribution in [2.24, 2.45) is 0 Å². The number of nitro groups is 1. The van der Waals surface area contributed by atoms with Crippen LogP contribution >= 0.6 is 0 Å². The number of carbonyl (C=O) groups is 1. The van der Waals surface area contributed by atoms with E-state index in [0.29, 0.717) is 10.9 Å². The Morgan fingerprint density at radius 1 is 1.00 bits per heavy atom. The minimum Gasteiger partial charge on any atom is -0.476 e. The van der Waals surface area contributed by atoms with Crippen LogP contribution in [-0.4, -0.2) is 21.0 Å². The number of aryl methyl sites for hydroxylation is 2. The lowest BCUT2D eigenvalue weighted by atomic mass is 9.90. The molecule has 4 rings (SSSR count). The number of hydrogen-bond acceptors (Lipinski definition) is 4. The lowest BCUT2D eigenvalue weighted by Crippen LogP contribution is -2.03. The Morgan fingerprint density at radius 2 is 1.64 bits per heavy atom. The molecule has 0 aliphatic heterocycles. The third-order valence-electron chi connectivity index (χ3n) is 4.93. The number of nitrogens with zero attached hydrogens (tertiary/aromatic N) is 2. The van der Waals surface area contributed by atoms with E-state index in [9.17, 15) is 20.0 Å². The summed E-state index contributed by atoms with van der Waals surface area (Å²) in [5, 5.41) is 22.9. The zero-order valence-corrected chi connectivity index (χ0v) is 15.3. The van der Waals surface area contributed by atoms with Crippen LogP contribution < -0.4 is 0 Å². The predicted molar refractivity (Wildman–Crippen MR) is 108 cm³/mol. The molecule has 0 atom stereocenters. The van der Waals surface area contributed by atoms with E-state index in [-0.39, 0.29) is 11.4 Å². The van der Waals surface area contributed by atoms with Gasteiger partial charge >= 0.3 is 5.97 Å². The summed E-state index contributed by atoms with van der Waals surface area (Å²) >= 11 is 0. The van der Waals surface area contributed by atoms with Gasteiger partial charge < -0.3 is 5.11 Å². The fourth-order valence-corrected chi connectivity index (χ4v) is 3.85. The standard InChI is InChI=1S/C22H16N2O4/c1-12-10-14(24(27)28)11-13(2)19(12)17-8-5-9-18-20(17)15-6-3-4-7-16(15)21(23-18)22(25)26/h3-11H,1-2H3,(H,25,26). The monoisotopic (exact) mass is 372 g/mol. The van der Waals surface area contributed by atoms with Gasteiger partial charge in [0.05, 0.1) is 10.4 Å². The van der Waals surface area contributed by atoms with Gasteiger partial charge in [-0.15, -0.1) is 0 Å². The molecule has 0 amide bonds. The number of aromatic carboxylic acids is 1. The summed E-state index contributed by atoms with van der Waals surface area (Å²) in [7, 11) is 0. The average Bonchev–Trinajstić information content (AvgIpc) is 2.66. The first-order valence-electron chi connectivity index (χ1n) is 8.69. The highest BCUT2D eigenvalue weighted by atomic mass is 16.6. The van der Waals surface area contributed by atoms with Gasteiger partial charge in [0.25, 0.3) is 5.69 Å². The molecule has 1 aromatic heterocycles. The molecule has 0 unspecified atom stereocenters. The first-order valence-corrected chi connectivity index (χ1v) is 8.69. The van der Waals surface area contributed by atoms with Crippen LogP contribution in [0.1, 0.15) is 21.6 Å². The molecule has 0 radical (unpaired) electrons. The van der Waals surface area contributed by atoms with Crippen molar-refractivity contribution in [1.82, 2.24) is 4.98 Å². The lowest BCUT2D eigenvalue weighted by Gasteiger charge is -2.15. The van der Waals surface area contributed by atoms with Gasteiger partial charge in [-0.3, -0.25) is 10.1 Å². The van der Waals surface area contributed by atoms with Gasteiger partial charge in [0.1, 0.15) is 0 Å². The first kappa shape index (κ1) is 17.6. The summed E-state index contributed by atoms with van der Waals surface area (Å²) in [5.74, 6) is -1.08. The van der Waals surface area contributed by atoms with Crippen molar-refractivity contribution < 1.29 is 14.8 Å². The van der Waals surface area contributed by atoms with E-state index in [4.69, 9.17) is 0 Å². The Labute approximate surface area is 160 Å². The Bertz CT molecular complexity index is 1270. The molecule has 0 aliphatic carbocycles. The van der Waals surface area contributed by atoms with Crippen molar-refractivity contribution in [2.75, 3.05) is 0 Å². The molecule has 1 heterocycles. The van der Waals surface area contributed by atoms with E-state index in [1.165, 1.54) is 0 Å². The largest absolute Gasteiger partial charge is 0.476 e. The third-order valence-corrected chi connectivity index (χ3v) is 4.93. The van der Waals surface area contributed by atoms with Crippen LogP contribution in [0.3, 0.4) is 0 Å². The highest BCUT2D eigenvalue weighted by Gasteiger charge is 2.19.